The summed E-state index contributed by atoms with van der Waals surface area (Å²) in [7, 11) is 0. The van der Waals surface area contributed by atoms with Crippen LogP contribution < -0.4 is 9.80 Å². The first-order chi connectivity index (χ1) is 32.3. The summed E-state index contributed by atoms with van der Waals surface area (Å²) >= 11 is 1.88. The van der Waals surface area contributed by atoms with Crippen LogP contribution in [0.15, 0.2) is 257 Å². The van der Waals surface area contributed by atoms with E-state index in [-0.39, 0.29) is 0 Å². The molecule has 0 amide bonds. The molecule has 1 unspecified atom stereocenters. The van der Waals surface area contributed by atoms with Crippen LogP contribution in [0.4, 0.5) is 34.1 Å². The molecule has 4 heteroatoms. The van der Waals surface area contributed by atoms with E-state index in [0.29, 0.717) is 0 Å². The zero-order chi connectivity index (χ0) is 42.9. The summed E-state index contributed by atoms with van der Waals surface area (Å²) in [4.78, 5) is 7.33. The van der Waals surface area contributed by atoms with Crippen LogP contribution in [0.3, 0.4) is 0 Å². The minimum atomic E-state index is -0.578. The molecule has 0 radical (unpaired) electrons. The maximum atomic E-state index is 7.09. The Hall–Kier alpha value is -8.05. The van der Waals surface area contributed by atoms with E-state index in [1.807, 2.05) is 11.8 Å². The van der Waals surface area contributed by atoms with Crippen LogP contribution in [0, 0.1) is 0 Å². The van der Waals surface area contributed by atoms with Gasteiger partial charge in [-0.1, -0.05) is 176 Å². The van der Waals surface area contributed by atoms with Crippen LogP contribution in [-0.4, -0.2) is 0 Å². The predicted molar refractivity (Wildman–Crippen MR) is 270 cm³/mol. The molecule has 0 N–H and O–H groups in total. The first kappa shape index (κ1) is 37.5. The fraction of sp³-hybridized carbons (Fsp3) is 0.0164. The second-order valence-corrected chi connectivity index (χ2v) is 17.9. The van der Waals surface area contributed by atoms with E-state index < -0.39 is 5.41 Å². The zero-order valence-electron chi connectivity index (χ0n) is 35.3. The number of hydrogen-bond donors (Lipinski definition) is 0. The van der Waals surface area contributed by atoms with Crippen molar-refractivity contribution in [1.29, 1.82) is 0 Å². The molecule has 1 atom stereocenters. The zero-order valence-corrected chi connectivity index (χ0v) is 36.1. The Morgan fingerprint density at radius 3 is 1.68 bits per heavy atom. The van der Waals surface area contributed by atoms with Gasteiger partial charge in [0.05, 0.1) is 11.1 Å². The topological polar surface area (TPSA) is 19.6 Å². The monoisotopic (exact) mass is 848 g/mol. The lowest BCUT2D eigenvalue weighted by Crippen LogP contribution is -2.32. The van der Waals surface area contributed by atoms with Gasteiger partial charge in [-0.15, -0.1) is 0 Å². The summed E-state index contributed by atoms with van der Waals surface area (Å²) in [6, 6.07) is 88.1. The lowest BCUT2D eigenvalue weighted by atomic mass is 9.67. The first-order valence-corrected chi connectivity index (χ1v) is 23.0. The van der Waals surface area contributed by atoms with Gasteiger partial charge < -0.3 is 14.2 Å². The van der Waals surface area contributed by atoms with Crippen LogP contribution in [0.1, 0.15) is 22.3 Å². The van der Waals surface area contributed by atoms with Gasteiger partial charge in [-0.25, -0.2) is 0 Å². The average molecular weight is 849 g/mol. The van der Waals surface area contributed by atoms with Crippen molar-refractivity contribution in [3.05, 3.63) is 265 Å². The van der Waals surface area contributed by atoms with E-state index in [4.69, 9.17) is 4.42 Å². The van der Waals surface area contributed by atoms with Gasteiger partial charge in [0.15, 0.2) is 5.58 Å². The maximum Gasteiger partial charge on any atom is 0.161 e. The highest BCUT2D eigenvalue weighted by Crippen LogP contribution is 2.63. The Balaban J connectivity index is 1.12. The van der Waals surface area contributed by atoms with E-state index in [1.165, 1.54) is 54.3 Å². The normalized spacial score (nSPS) is 14.5. The molecule has 11 aromatic rings. The van der Waals surface area contributed by atoms with Gasteiger partial charge in [0.2, 0.25) is 0 Å². The fourth-order valence-electron chi connectivity index (χ4n) is 10.6. The number of furan rings is 1. The molecule has 1 aliphatic carbocycles. The van der Waals surface area contributed by atoms with Gasteiger partial charge in [-0.05, 0) is 123 Å². The summed E-state index contributed by atoms with van der Waals surface area (Å²) in [6.45, 7) is 0. The van der Waals surface area contributed by atoms with Crippen molar-refractivity contribution >= 4 is 67.8 Å². The van der Waals surface area contributed by atoms with E-state index in [9.17, 15) is 0 Å². The molecule has 1 aromatic heterocycles. The highest BCUT2D eigenvalue weighted by atomic mass is 32.2. The van der Waals surface area contributed by atoms with Crippen molar-refractivity contribution in [1.82, 2.24) is 0 Å². The molecule has 10 aromatic carbocycles. The summed E-state index contributed by atoms with van der Waals surface area (Å²) in [5.74, 6) is 0. The molecule has 65 heavy (non-hydrogen) atoms. The van der Waals surface area contributed by atoms with Gasteiger partial charge in [-0.3, -0.25) is 0 Å². The highest BCUT2D eigenvalue weighted by Gasteiger charge is 2.50. The highest BCUT2D eigenvalue weighted by molar-refractivity contribution is 7.99. The molecule has 3 nitrogen and oxygen atoms in total. The number of nitrogens with zero attached hydrogens (tertiary/aromatic N) is 2. The number of benzene rings is 10. The van der Waals surface area contributed by atoms with Crippen LogP contribution in [0.2, 0.25) is 0 Å². The molecular weight excluding hydrogens is 809 g/mol. The van der Waals surface area contributed by atoms with Crippen LogP contribution in [0.25, 0.3) is 44.2 Å². The summed E-state index contributed by atoms with van der Waals surface area (Å²) < 4.78 is 7.09. The lowest BCUT2D eigenvalue weighted by molar-refractivity contribution is 0.669. The van der Waals surface area contributed by atoms with Crippen molar-refractivity contribution in [2.45, 2.75) is 15.2 Å². The molecule has 13 rings (SSSR count). The van der Waals surface area contributed by atoms with Crippen molar-refractivity contribution in [2.24, 2.45) is 0 Å². The number of fused-ring (bicyclic) bond motifs is 12. The second-order valence-electron chi connectivity index (χ2n) is 16.8. The Bertz CT molecular complexity index is 3550. The van der Waals surface area contributed by atoms with Crippen molar-refractivity contribution in [2.75, 3.05) is 9.80 Å². The molecule has 2 heterocycles. The van der Waals surface area contributed by atoms with E-state index in [0.717, 1.165) is 56.1 Å². The van der Waals surface area contributed by atoms with Crippen molar-refractivity contribution < 1.29 is 4.42 Å². The molecule has 0 saturated carbocycles. The van der Waals surface area contributed by atoms with Crippen LogP contribution >= 0.6 is 11.8 Å². The number of hydrogen-bond acceptors (Lipinski definition) is 4. The fourth-order valence-corrected chi connectivity index (χ4v) is 11.8. The number of anilines is 6. The average Bonchev–Trinajstić information content (AvgIpc) is 3.90. The SMILES string of the molecule is c1ccc(-c2ccc3c(c2)Sc2ccccc2C32c3ccccc3-c3ccc(N(c4ccccc4)c4c(N(c5ccccc5)c5ccccc5)ccc5c4oc4ccccc45)cc32)cc1. The third-order valence-corrected chi connectivity index (χ3v) is 14.4. The Morgan fingerprint density at radius 2 is 0.938 bits per heavy atom. The molecule has 0 bridgehead atoms. The van der Waals surface area contributed by atoms with Gasteiger partial charge in [-0.2, -0.15) is 0 Å². The predicted octanol–water partition coefficient (Wildman–Crippen LogP) is 17.0. The van der Waals surface area contributed by atoms with Crippen LogP contribution in [-0.2, 0) is 5.41 Å². The summed E-state index contributed by atoms with van der Waals surface area (Å²) in [6.07, 6.45) is 0. The smallest absolute Gasteiger partial charge is 0.161 e. The Morgan fingerprint density at radius 1 is 0.354 bits per heavy atom. The van der Waals surface area contributed by atoms with E-state index in [1.54, 1.807) is 0 Å². The third kappa shape index (κ3) is 5.77. The number of para-hydroxylation sites is 4. The molecule has 0 fully saturated rings. The molecular formula is C61H40N2OS. The molecule has 306 valence electrons. The minimum absolute atomic E-state index is 0.578. The summed E-state index contributed by atoms with van der Waals surface area (Å²) in [5, 5.41) is 2.15. The second kappa shape index (κ2) is 15.0. The molecule has 0 saturated heterocycles. The largest absolute Gasteiger partial charge is 0.454 e. The number of rotatable bonds is 7. The first-order valence-electron chi connectivity index (χ1n) is 22.2. The molecule has 2 aliphatic rings. The van der Waals surface area contributed by atoms with Crippen molar-refractivity contribution in [3.8, 4) is 22.3 Å². The Labute approximate surface area is 382 Å². The molecule has 1 spiro atoms. The van der Waals surface area contributed by atoms with Gasteiger partial charge in [0.25, 0.3) is 0 Å². The lowest BCUT2D eigenvalue weighted by Gasteiger charge is -2.40. The van der Waals surface area contributed by atoms with Gasteiger partial charge >= 0.3 is 0 Å². The Kier molecular flexibility index (Phi) is 8.68. The van der Waals surface area contributed by atoms with Crippen LogP contribution in [0.5, 0.6) is 0 Å². The van der Waals surface area contributed by atoms with E-state index >= 15 is 0 Å². The van der Waals surface area contributed by atoms with Crippen molar-refractivity contribution in [3.63, 3.8) is 0 Å². The standard InChI is InChI=1S/C61H40N2OS/c1-5-19-41(20-6-1)42-33-37-53-58(39-42)65-57-32-18-16-30-52(57)61(53)51-29-15-13-27-47(51)48-35-34-46(40-54(48)61)63(45-25-11-4-12-26-45)59-55(38-36-50-49-28-14-17-31-56(49)64-60(50)59)62(43-21-7-2-8-22-43)44-23-9-3-10-24-44/h1-40H. The molecule has 1 aliphatic heterocycles. The quantitative estimate of drug-likeness (QED) is 0.159. The van der Waals surface area contributed by atoms with E-state index in [2.05, 4.69) is 252 Å². The minimum Gasteiger partial charge on any atom is -0.454 e. The van der Waals surface area contributed by atoms with Gasteiger partial charge in [0.1, 0.15) is 11.3 Å². The third-order valence-electron chi connectivity index (χ3n) is 13.3. The van der Waals surface area contributed by atoms with Gasteiger partial charge in [0, 0.05) is 43.3 Å². The maximum absolute atomic E-state index is 7.09. The summed E-state index contributed by atoms with van der Waals surface area (Å²) in [5.41, 5.74) is 17.3.